The van der Waals surface area contributed by atoms with Crippen molar-refractivity contribution >= 4 is 39.9 Å². The highest BCUT2D eigenvalue weighted by Crippen LogP contribution is 2.35. The number of aryl methyl sites for hydroxylation is 1. The number of aromatic nitrogens is 4. The number of carbonyl (C=O) groups excluding carboxylic acids is 2. The Morgan fingerprint density at radius 3 is 2.76 bits per heavy atom. The van der Waals surface area contributed by atoms with Gasteiger partial charge in [0, 0.05) is 29.2 Å². The summed E-state index contributed by atoms with van der Waals surface area (Å²) >= 11 is 7.42. The fourth-order valence-electron chi connectivity index (χ4n) is 3.94. The second-order valence-corrected chi connectivity index (χ2v) is 9.60. The lowest BCUT2D eigenvalue weighted by atomic mass is 10.0. The third-order valence-corrected chi connectivity index (χ3v) is 6.90. The van der Waals surface area contributed by atoms with E-state index in [4.69, 9.17) is 21.6 Å². The van der Waals surface area contributed by atoms with Gasteiger partial charge in [0.05, 0.1) is 54.2 Å². The Morgan fingerprint density at radius 2 is 2.00 bits per heavy atom. The van der Waals surface area contributed by atoms with Crippen molar-refractivity contribution < 1.29 is 14.3 Å². The third kappa shape index (κ3) is 4.84. The summed E-state index contributed by atoms with van der Waals surface area (Å²) in [5, 5.41) is 12.6. The molecule has 4 aromatic rings. The first-order chi connectivity index (χ1) is 17.9. The summed E-state index contributed by atoms with van der Waals surface area (Å²) in [6.07, 6.45) is 4.44. The molecule has 12 heteroatoms. The summed E-state index contributed by atoms with van der Waals surface area (Å²) in [6, 6.07) is 8.43. The number of nitrogens with zero attached hydrogens (tertiary/aromatic N) is 6. The van der Waals surface area contributed by atoms with Crippen molar-refractivity contribution in [1.82, 2.24) is 24.8 Å². The van der Waals surface area contributed by atoms with Crippen LogP contribution in [0.25, 0.3) is 11.1 Å². The molecular formula is C25H18ClN7O3S. The minimum atomic E-state index is -0.393. The summed E-state index contributed by atoms with van der Waals surface area (Å²) in [4.78, 5) is 45.5. The number of fused-ring (bicyclic) bond motifs is 1. The molecule has 1 N–H and O–H groups in total. The Bertz CT molecular complexity index is 1570. The molecule has 5 rings (SSSR count). The van der Waals surface area contributed by atoms with Crippen LogP contribution in [0.15, 0.2) is 42.9 Å². The molecule has 0 aromatic carbocycles. The Labute approximate surface area is 220 Å². The highest BCUT2D eigenvalue weighted by atomic mass is 35.5. The van der Waals surface area contributed by atoms with Crippen LogP contribution in [-0.2, 0) is 13.1 Å². The fourth-order valence-corrected chi connectivity index (χ4v) is 5.07. The zero-order valence-electron chi connectivity index (χ0n) is 19.6. The van der Waals surface area contributed by atoms with E-state index in [-0.39, 0.29) is 23.3 Å². The van der Waals surface area contributed by atoms with Gasteiger partial charge in [-0.1, -0.05) is 22.9 Å². The minimum Gasteiger partial charge on any atom is -0.494 e. The van der Waals surface area contributed by atoms with Crippen molar-refractivity contribution in [1.29, 1.82) is 5.26 Å². The molecule has 0 radical (unpaired) electrons. The Hall–Kier alpha value is -4.40. The number of anilines is 1. The van der Waals surface area contributed by atoms with Crippen LogP contribution in [0.2, 0.25) is 5.15 Å². The molecule has 184 valence electrons. The van der Waals surface area contributed by atoms with E-state index in [1.165, 1.54) is 43.1 Å². The van der Waals surface area contributed by atoms with Gasteiger partial charge in [0.15, 0.2) is 5.13 Å². The summed E-state index contributed by atoms with van der Waals surface area (Å²) in [5.41, 5.74) is 3.52. The van der Waals surface area contributed by atoms with Crippen LogP contribution in [0.3, 0.4) is 0 Å². The van der Waals surface area contributed by atoms with Crippen molar-refractivity contribution in [3.05, 3.63) is 81.1 Å². The molecule has 0 unspecified atom stereocenters. The van der Waals surface area contributed by atoms with Crippen molar-refractivity contribution in [2.45, 2.75) is 20.0 Å². The fraction of sp³-hybridized carbons (Fsp3) is 0.160. The first-order valence-corrected chi connectivity index (χ1v) is 12.2. The molecule has 1 aliphatic rings. The Morgan fingerprint density at radius 1 is 1.16 bits per heavy atom. The van der Waals surface area contributed by atoms with Gasteiger partial charge < -0.3 is 9.64 Å². The van der Waals surface area contributed by atoms with Crippen LogP contribution in [0.1, 0.15) is 42.7 Å². The van der Waals surface area contributed by atoms with Crippen molar-refractivity contribution in [2.75, 3.05) is 12.4 Å². The lowest BCUT2D eigenvalue weighted by molar-refractivity contribution is 0.0744. The Balaban J connectivity index is 1.35. The third-order valence-electron chi connectivity index (χ3n) is 5.70. The van der Waals surface area contributed by atoms with E-state index in [9.17, 15) is 9.59 Å². The van der Waals surface area contributed by atoms with E-state index in [0.29, 0.717) is 51.1 Å². The largest absolute Gasteiger partial charge is 0.494 e. The van der Waals surface area contributed by atoms with E-state index in [1.807, 2.05) is 13.0 Å². The molecule has 0 saturated heterocycles. The molecule has 0 atom stereocenters. The van der Waals surface area contributed by atoms with Crippen LogP contribution >= 0.6 is 22.9 Å². The number of nitrogens with one attached hydrogen (secondary N) is 1. The predicted molar refractivity (Wildman–Crippen MR) is 136 cm³/mol. The van der Waals surface area contributed by atoms with Crippen molar-refractivity contribution in [2.24, 2.45) is 0 Å². The zero-order valence-corrected chi connectivity index (χ0v) is 21.2. The van der Waals surface area contributed by atoms with E-state index in [2.05, 4.69) is 25.3 Å². The topological polar surface area (TPSA) is 134 Å². The monoisotopic (exact) mass is 531 g/mol. The number of hydrogen-bond donors (Lipinski definition) is 1. The van der Waals surface area contributed by atoms with Crippen LogP contribution in [0, 0.1) is 18.3 Å². The molecule has 2 amide bonds. The van der Waals surface area contributed by atoms with Crippen molar-refractivity contribution in [3.8, 4) is 22.9 Å². The van der Waals surface area contributed by atoms with Gasteiger partial charge in [0.1, 0.15) is 16.6 Å². The SMILES string of the molecule is COc1cnc(Cl)cc1-c1cc(C)ncc1C(=O)Nc1nc2c(s1)CN(C(=O)c1cc(C#N)ccn1)C2. The average molecular weight is 532 g/mol. The normalized spacial score (nSPS) is 12.1. The van der Waals surface area contributed by atoms with Crippen molar-refractivity contribution in [3.63, 3.8) is 0 Å². The van der Waals surface area contributed by atoms with E-state index >= 15 is 0 Å². The number of methoxy groups -OCH3 is 1. The second-order valence-electron chi connectivity index (χ2n) is 8.12. The lowest BCUT2D eigenvalue weighted by Gasteiger charge is -2.15. The minimum absolute atomic E-state index is 0.203. The zero-order chi connectivity index (χ0) is 26.1. The number of pyridine rings is 3. The lowest BCUT2D eigenvalue weighted by Crippen LogP contribution is -2.26. The van der Waals surface area contributed by atoms with Gasteiger partial charge in [-0.15, -0.1) is 0 Å². The van der Waals surface area contributed by atoms with Gasteiger partial charge in [-0.2, -0.15) is 5.26 Å². The number of halogens is 1. The van der Waals surface area contributed by atoms with Crippen LogP contribution in [0.5, 0.6) is 5.75 Å². The number of thiazole rings is 1. The van der Waals surface area contributed by atoms with Gasteiger partial charge >= 0.3 is 0 Å². The smallest absolute Gasteiger partial charge is 0.273 e. The highest BCUT2D eigenvalue weighted by Gasteiger charge is 2.29. The number of amides is 2. The highest BCUT2D eigenvalue weighted by molar-refractivity contribution is 7.16. The molecule has 37 heavy (non-hydrogen) atoms. The predicted octanol–water partition coefficient (Wildman–Crippen LogP) is 4.25. The summed E-state index contributed by atoms with van der Waals surface area (Å²) in [6.45, 7) is 2.44. The number of nitriles is 1. The van der Waals surface area contributed by atoms with E-state index < -0.39 is 5.91 Å². The summed E-state index contributed by atoms with van der Waals surface area (Å²) in [5.74, 6) is -0.208. The second kappa shape index (κ2) is 9.93. The molecule has 0 spiro atoms. The maximum absolute atomic E-state index is 13.3. The van der Waals surface area contributed by atoms with Gasteiger partial charge in [-0.05, 0) is 31.2 Å². The number of rotatable bonds is 5. The standard InChI is InChI=1S/C25H18ClN7O3S/c1-13-5-15(16-7-22(26)30-10-20(16)36-2)17(9-29-13)23(34)32-25-31-19-11-33(12-21(19)37-25)24(35)18-6-14(8-27)3-4-28-18/h3-7,9-10H,11-12H2,1-2H3,(H,31,32,34). The van der Waals surface area contributed by atoms with Crippen LogP contribution in [0.4, 0.5) is 5.13 Å². The quantitative estimate of drug-likeness (QED) is 0.378. The summed E-state index contributed by atoms with van der Waals surface area (Å²) < 4.78 is 5.43. The molecule has 0 fully saturated rings. The average Bonchev–Trinajstić information content (AvgIpc) is 3.47. The first-order valence-electron chi connectivity index (χ1n) is 11.0. The number of carbonyl (C=O) groups is 2. The first kappa shape index (κ1) is 24.3. The molecule has 10 nitrogen and oxygen atoms in total. The molecule has 1 aliphatic heterocycles. The van der Waals surface area contributed by atoms with Gasteiger partial charge in [-0.3, -0.25) is 24.9 Å². The maximum Gasteiger partial charge on any atom is 0.273 e. The van der Waals surface area contributed by atoms with Gasteiger partial charge in [0.25, 0.3) is 11.8 Å². The maximum atomic E-state index is 13.3. The van der Waals surface area contributed by atoms with Crippen LogP contribution in [-0.4, -0.2) is 43.8 Å². The van der Waals surface area contributed by atoms with Gasteiger partial charge in [0.2, 0.25) is 0 Å². The Kier molecular flexibility index (Phi) is 6.52. The van der Waals surface area contributed by atoms with Crippen LogP contribution < -0.4 is 10.1 Å². The molecule has 0 aliphatic carbocycles. The molecule has 0 saturated carbocycles. The van der Waals surface area contributed by atoms with E-state index in [1.54, 1.807) is 23.1 Å². The van der Waals surface area contributed by atoms with Gasteiger partial charge in [-0.25, -0.2) is 9.97 Å². The molecular weight excluding hydrogens is 514 g/mol. The number of ether oxygens (including phenoxy) is 1. The number of hydrogen-bond acceptors (Lipinski definition) is 9. The van der Waals surface area contributed by atoms with E-state index in [0.717, 1.165) is 4.88 Å². The molecule has 0 bridgehead atoms. The molecule has 5 heterocycles. The molecule has 4 aromatic heterocycles. The summed E-state index contributed by atoms with van der Waals surface area (Å²) in [7, 11) is 1.52.